The molecule has 1 aliphatic carbocycles. The molecular formula is C22H31N3O2S. The number of hydrogen-bond acceptors (Lipinski definition) is 4. The number of nitrogens with zero attached hydrogens (tertiary/aromatic N) is 2. The van der Waals surface area contributed by atoms with Crippen LogP contribution in [-0.4, -0.2) is 65.8 Å². The average molecular weight is 402 g/mol. The Morgan fingerprint density at radius 3 is 2.25 bits per heavy atom. The third kappa shape index (κ3) is 5.29. The van der Waals surface area contributed by atoms with Crippen molar-refractivity contribution in [3.8, 4) is 0 Å². The second-order valence-corrected chi connectivity index (χ2v) is 9.49. The highest BCUT2D eigenvalue weighted by atomic mass is 32.2. The van der Waals surface area contributed by atoms with Crippen molar-refractivity contribution in [1.82, 2.24) is 9.80 Å². The third-order valence-corrected chi connectivity index (χ3v) is 7.09. The predicted molar refractivity (Wildman–Crippen MR) is 115 cm³/mol. The van der Waals surface area contributed by atoms with Crippen molar-refractivity contribution in [2.24, 2.45) is 11.8 Å². The van der Waals surface area contributed by atoms with Gasteiger partial charge < -0.3 is 15.1 Å². The lowest BCUT2D eigenvalue weighted by Gasteiger charge is -2.31. The number of nitrogens with one attached hydrogen (secondary N) is 1. The maximum Gasteiger partial charge on any atom is 0.227 e. The summed E-state index contributed by atoms with van der Waals surface area (Å²) in [6.45, 7) is 4.96. The van der Waals surface area contributed by atoms with Crippen LogP contribution in [0.1, 0.15) is 31.2 Å². The first-order valence-corrected chi connectivity index (χ1v) is 11.8. The average Bonchev–Trinajstić information content (AvgIpc) is 3.59. The van der Waals surface area contributed by atoms with Crippen LogP contribution < -0.4 is 5.32 Å². The number of carbonyl (C=O) groups is 2. The van der Waals surface area contributed by atoms with Crippen LogP contribution >= 0.6 is 11.8 Å². The van der Waals surface area contributed by atoms with Crippen LogP contribution in [0.15, 0.2) is 24.3 Å². The molecule has 28 heavy (non-hydrogen) atoms. The van der Waals surface area contributed by atoms with Crippen LogP contribution in [0.5, 0.6) is 0 Å². The van der Waals surface area contributed by atoms with E-state index in [9.17, 15) is 9.59 Å². The van der Waals surface area contributed by atoms with E-state index in [1.807, 2.05) is 28.8 Å². The second-order valence-electron chi connectivity index (χ2n) is 8.26. The Bertz CT molecular complexity index is 676. The lowest BCUT2D eigenvalue weighted by Crippen LogP contribution is -2.42. The molecule has 3 aliphatic rings. The summed E-state index contributed by atoms with van der Waals surface area (Å²) >= 11 is 2.04. The van der Waals surface area contributed by atoms with Crippen LogP contribution in [0.25, 0.3) is 0 Å². The van der Waals surface area contributed by atoms with Gasteiger partial charge in [0.1, 0.15) is 0 Å². The Morgan fingerprint density at radius 2 is 1.61 bits per heavy atom. The molecule has 0 radical (unpaired) electrons. The summed E-state index contributed by atoms with van der Waals surface area (Å²) in [5.41, 5.74) is 2.20. The van der Waals surface area contributed by atoms with E-state index < -0.39 is 0 Å². The second kappa shape index (κ2) is 9.31. The zero-order chi connectivity index (χ0) is 19.3. The van der Waals surface area contributed by atoms with E-state index >= 15 is 0 Å². The monoisotopic (exact) mass is 401 g/mol. The Morgan fingerprint density at radius 1 is 0.929 bits per heavy atom. The summed E-state index contributed by atoms with van der Waals surface area (Å²) < 4.78 is 0. The van der Waals surface area contributed by atoms with Gasteiger partial charge in [-0.1, -0.05) is 12.1 Å². The zero-order valence-electron chi connectivity index (χ0n) is 16.6. The predicted octanol–water partition coefficient (Wildman–Crippen LogP) is 2.87. The quantitative estimate of drug-likeness (QED) is 0.796. The highest BCUT2D eigenvalue weighted by molar-refractivity contribution is 7.99. The van der Waals surface area contributed by atoms with Crippen LogP contribution in [-0.2, 0) is 16.0 Å². The van der Waals surface area contributed by atoms with Gasteiger partial charge in [-0.2, -0.15) is 11.8 Å². The molecule has 2 aliphatic heterocycles. The molecule has 152 valence electrons. The first-order chi connectivity index (χ1) is 13.7. The van der Waals surface area contributed by atoms with Crippen molar-refractivity contribution in [2.45, 2.75) is 32.1 Å². The lowest BCUT2D eigenvalue weighted by molar-refractivity contribution is -0.135. The molecule has 0 bridgehead atoms. The molecule has 4 rings (SSSR count). The van der Waals surface area contributed by atoms with Gasteiger partial charge in [-0.05, 0) is 49.8 Å². The molecule has 1 saturated carbocycles. The molecule has 5 nitrogen and oxygen atoms in total. The van der Waals surface area contributed by atoms with Gasteiger partial charge in [0.05, 0.1) is 0 Å². The summed E-state index contributed by atoms with van der Waals surface area (Å²) in [5, 5.41) is 3.07. The molecule has 2 saturated heterocycles. The normalized spacial score (nSPS) is 21.5. The topological polar surface area (TPSA) is 52.7 Å². The summed E-state index contributed by atoms with van der Waals surface area (Å²) in [5.74, 6) is 3.18. The number of benzene rings is 1. The van der Waals surface area contributed by atoms with Gasteiger partial charge in [-0.3, -0.25) is 9.59 Å². The van der Waals surface area contributed by atoms with Crippen molar-refractivity contribution in [3.63, 3.8) is 0 Å². The van der Waals surface area contributed by atoms with E-state index in [0.29, 0.717) is 5.91 Å². The summed E-state index contributed by atoms with van der Waals surface area (Å²) in [7, 11) is 0. The Hall–Kier alpha value is -1.53. The van der Waals surface area contributed by atoms with E-state index in [4.69, 9.17) is 0 Å². The number of thioether (sulfide) groups is 1. The van der Waals surface area contributed by atoms with Crippen molar-refractivity contribution in [3.05, 3.63) is 29.8 Å². The highest BCUT2D eigenvalue weighted by Crippen LogP contribution is 2.32. The van der Waals surface area contributed by atoms with Gasteiger partial charge in [0, 0.05) is 61.8 Å². The molecule has 0 atom stereocenters. The van der Waals surface area contributed by atoms with Crippen LogP contribution in [0.3, 0.4) is 0 Å². The SMILES string of the molecule is O=C(Nc1ccc(CCN2CCSCC2)cc1)C1CCN(C(=O)C2CC2)CC1. The smallest absolute Gasteiger partial charge is 0.227 e. The van der Waals surface area contributed by atoms with Gasteiger partial charge in [0.25, 0.3) is 0 Å². The summed E-state index contributed by atoms with van der Waals surface area (Å²) in [4.78, 5) is 29.2. The van der Waals surface area contributed by atoms with E-state index in [2.05, 4.69) is 22.3 Å². The molecule has 1 N–H and O–H groups in total. The number of carbonyl (C=O) groups excluding carboxylic acids is 2. The number of piperidine rings is 1. The van der Waals surface area contributed by atoms with Crippen molar-refractivity contribution >= 4 is 29.3 Å². The number of amides is 2. The largest absolute Gasteiger partial charge is 0.342 e. The van der Waals surface area contributed by atoms with E-state index in [1.165, 1.54) is 30.2 Å². The van der Waals surface area contributed by atoms with Gasteiger partial charge in [0.2, 0.25) is 11.8 Å². The number of likely N-dealkylation sites (tertiary alicyclic amines) is 1. The molecule has 1 aromatic rings. The molecule has 2 heterocycles. The van der Waals surface area contributed by atoms with Crippen molar-refractivity contribution in [1.29, 1.82) is 0 Å². The van der Waals surface area contributed by atoms with E-state index in [1.54, 1.807) is 0 Å². The third-order valence-electron chi connectivity index (χ3n) is 6.15. The molecule has 0 unspecified atom stereocenters. The molecular weight excluding hydrogens is 370 g/mol. The lowest BCUT2D eigenvalue weighted by atomic mass is 9.95. The Kier molecular flexibility index (Phi) is 6.58. The van der Waals surface area contributed by atoms with Crippen molar-refractivity contribution in [2.75, 3.05) is 49.5 Å². The number of rotatable bonds is 6. The molecule has 6 heteroatoms. The van der Waals surface area contributed by atoms with Crippen LogP contribution in [0, 0.1) is 11.8 Å². The number of hydrogen-bond donors (Lipinski definition) is 1. The maximum atomic E-state index is 12.6. The molecule has 1 aromatic carbocycles. The zero-order valence-corrected chi connectivity index (χ0v) is 17.4. The first kappa shape index (κ1) is 19.8. The highest BCUT2D eigenvalue weighted by Gasteiger charge is 2.35. The van der Waals surface area contributed by atoms with Gasteiger partial charge in [-0.25, -0.2) is 0 Å². The fourth-order valence-corrected chi connectivity index (χ4v) is 5.04. The van der Waals surface area contributed by atoms with Crippen LogP contribution in [0.2, 0.25) is 0 Å². The fourth-order valence-electron chi connectivity index (χ4n) is 4.06. The van der Waals surface area contributed by atoms with Crippen molar-refractivity contribution < 1.29 is 9.59 Å². The Balaban J connectivity index is 1.20. The maximum absolute atomic E-state index is 12.6. The van der Waals surface area contributed by atoms with Gasteiger partial charge in [0.15, 0.2) is 0 Å². The van der Waals surface area contributed by atoms with Gasteiger partial charge >= 0.3 is 0 Å². The minimum absolute atomic E-state index is 0.0138. The summed E-state index contributed by atoms with van der Waals surface area (Å²) in [6, 6.07) is 8.30. The fraction of sp³-hybridized carbons (Fsp3) is 0.636. The molecule has 0 spiro atoms. The standard InChI is InChI=1S/C22H31N3O2S/c26-21(18-8-11-25(12-9-18)22(27)19-3-4-19)23-20-5-1-17(2-6-20)7-10-24-13-15-28-16-14-24/h1-2,5-6,18-19H,3-4,7-16H2,(H,23,26). The van der Waals surface area contributed by atoms with Crippen LogP contribution in [0.4, 0.5) is 5.69 Å². The molecule has 3 fully saturated rings. The molecule has 2 amide bonds. The van der Waals surface area contributed by atoms with E-state index in [-0.39, 0.29) is 17.7 Å². The number of anilines is 1. The summed E-state index contributed by atoms with van der Waals surface area (Å²) in [6.07, 6.45) is 4.71. The first-order valence-electron chi connectivity index (χ1n) is 10.7. The Labute approximate surface area is 172 Å². The van der Waals surface area contributed by atoms with Gasteiger partial charge in [-0.15, -0.1) is 0 Å². The van der Waals surface area contributed by atoms with E-state index in [0.717, 1.165) is 57.4 Å². The minimum atomic E-state index is 0.0138. The minimum Gasteiger partial charge on any atom is -0.342 e. The molecule has 0 aromatic heterocycles.